The van der Waals surface area contributed by atoms with Crippen molar-refractivity contribution in [3.05, 3.63) is 95.6 Å². The van der Waals surface area contributed by atoms with Crippen LogP contribution in [0.5, 0.6) is 0 Å². The van der Waals surface area contributed by atoms with E-state index in [2.05, 4.69) is 31.9 Å². The molecule has 0 bridgehead atoms. The first-order chi connectivity index (χ1) is 25.2. The molecule has 0 saturated carbocycles. The Balaban J connectivity index is 1.57. The Kier molecular flexibility index (Phi) is 15.9. The quantitative estimate of drug-likeness (QED) is 0.0675. The fourth-order valence-corrected chi connectivity index (χ4v) is 5.24. The molecule has 3 rings (SSSR count). The lowest BCUT2D eigenvalue weighted by Gasteiger charge is -2.22. The topological polar surface area (TPSA) is 201 Å². The van der Waals surface area contributed by atoms with Gasteiger partial charge in [0.15, 0.2) is 0 Å². The first kappa shape index (κ1) is 37.1. The maximum Gasteiger partial charge on any atom is 0.305 e. The fraction of sp³-hybridized carbons (Fsp3) is 0.378. The van der Waals surface area contributed by atoms with Gasteiger partial charge in [0.25, 0.3) is 0 Å². The smallest absolute Gasteiger partial charge is 0.305 e. The summed E-state index contributed by atoms with van der Waals surface area (Å²) in [5, 5.41) is 34.7. The fourth-order valence-electron chi connectivity index (χ4n) is 5.24. The number of hydrogen-bond acceptors (Lipinski definition) is 9. The van der Waals surface area contributed by atoms with Crippen molar-refractivity contribution in [2.24, 2.45) is 0 Å². The predicted molar refractivity (Wildman–Crippen MR) is 193 cm³/mol. The van der Waals surface area contributed by atoms with Gasteiger partial charge in [0.05, 0.1) is 22.4 Å². The molecule has 3 aromatic carbocycles. The number of aliphatic hydroxyl groups is 1. The number of carboxylic acid groups (broad SMARTS) is 1. The van der Waals surface area contributed by atoms with Crippen LogP contribution in [-0.4, -0.2) is 103 Å². The molecule has 0 spiro atoms. The van der Waals surface area contributed by atoms with E-state index in [1.807, 2.05) is 59.5 Å². The standard InChI is InChI=1S/C37H49N7O7/c1-26(46)42-32(20-27-11-13-31(14-12-27)30-9-4-3-5-10-30)37(51)43-33(21-35(48)49)36(50)41-23-29-8-6-7-28(19-29)22-40-34(47)24-44(17-15-38-2)18-16-39-25-45/h3-14,19,32-33,38-39,45H,15-18,20-25H2,1-2H3,(H,40,47)(H,41,50)(H,42,46)(H,43,51)(H,48,49)/t32-,33-/m0/s1/i25TD/t25?,32-,33-. The van der Waals surface area contributed by atoms with Crippen molar-refractivity contribution in [1.29, 1.82) is 0 Å². The van der Waals surface area contributed by atoms with Crippen LogP contribution in [0, 0.1) is 0 Å². The Morgan fingerprint density at radius 2 is 1.45 bits per heavy atom. The van der Waals surface area contributed by atoms with Gasteiger partial charge in [-0.05, 0) is 34.9 Å². The molecule has 14 heteroatoms. The number of carboxylic acids is 1. The van der Waals surface area contributed by atoms with Gasteiger partial charge in [0, 0.05) is 52.6 Å². The molecule has 14 nitrogen and oxygen atoms in total. The summed E-state index contributed by atoms with van der Waals surface area (Å²) in [4.78, 5) is 64.7. The van der Waals surface area contributed by atoms with Gasteiger partial charge in [0.2, 0.25) is 23.6 Å². The third-order valence-electron chi connectivity index (χ3n) is 7.83. The predicted octanol–water partition coefficient (Wildman–Crippen LogP) is 0.354. The van der Waals surface area contributed by atoms with Crippen LogP contribution in [0.15, 0.2) is 78.9 Å². The van der Waals surface area contributed by atoms with Crippen molar-refractivity contribution in [3.63, 3.8) is 0 Å². The monoisotopic (exact) mass is 706 g/mol. The first-order valence-electron chi connectivity index (χ1n) is 17.6. The van der Waals surface area contributed by atoms with Gasteiger partial charge in [-0.3, -0.25) is 34.2 Å². The minimum Gasteiger partial charge on any atom is -0.481 e. The zero-order valence-corrected chi connectivity index (χ0v) is 28.9. The lowest BCUT2D eigenvalue weighted by Crippen LogP contribution is -2.54. The number of likely N-dealkylation sites (N-methyl/N-ethyl adjacent to an activating group) is 1. The Morgan fingerprint density at radius 3 is 2.08 bits per heavy atom. The van der Waals surface area contributed by atoms with Crippen LogP contribution in [0.2, 0.25) is 0 Å². The van der Waals surface area contributed by atoms with E-state index < -0.39 is 48.9 Å². The summed E-state index contributed by atoms with van der Waals surface area (Å²) in [5.74, 6) is -3.46. The summed E-state index contributed by atoms with van der Waals surface area (Å²) in [5.41, 5.74) is 4.16. The lowest BCUT2D eigenvalue weighted by molar-refractivity contribution is -0.141. The second kappa shape index (κ2) is 21.8. The van der Waals surface area contributed by atoms with E-state index in [4.69, 9.17) is 2.74 Å². The van der Waals surface area contributed by atoms with Crippen LogP contribution < -0.4 is 31.9 Å². The van der Waals surface area contributed by atoms with Gasteiger partial charge < -0.3 is 36.8 Å². The summed E-state index contributed by atoms with van der Waals surface area (Å²) >= 11 is 0. The van der Waals surface area contributed by atoms with E-state index in [9.17, 15) is 34.2 Å². The maximum atomic E-state index is 13.4. The number of carbonyl (C=O) groups is 5. The molecule has 0 aliphatic carbocycles. The molecule has 4 amide bonds. The van der Waals surface area contributed by atoms with Crippen molar-refractivity contribution in [2.75, 3.05) is 46.5 Å². The molecule has 0 aromatic heterocycles. The van der Waals surface area contributed by atoms with Crippen LogP contribution in [0.4, 0.5) is 0 Å². The maximum absolute atomic E-state index is 13.4. The second-order valence-corrected chi connectivity index (χ2v) is 11.9. The number of aliphatic carboxylic acids is 1. The van der Waals surface area contributed by atoms with E-state index in [0.717, 1.165) is 22.3 Å². The highest BCUT2D eigenvalue weighted by molar-refractivity contribution is 5.93. The van der Waals surface area contributed by atoms with Gasteiger partial charge >= 0.3 is 5.97 Å². The number of nitrogens with zero attached hydrogens (tertiary/aromatic N) is 1. The number of carbonyl (C=O) groups excluding carboxylic acids is 4. The summed E-state index contributed by atoms with van der Waals surface area (Å²) in [6.07, 6.45) is -0.574. The Labute approximate surface area is 301 Å². The molecule has 3 aromatic rings. The number of hydrogen-bond donors (Lipinski definition) is 8. The van der Waals surface area contributed by atoms with Crippen LogP contribution in [-0.2, 0) is 43.5 Å². The average molecular weight is 707 g/mol. The molecule has 0 saturated heterocycles. The highest BCUT2D eigenvalue weighted by Crippen LogP contribution is 2.20. The van der Waals surface area contributed by atoms with E-state index in [1.165, 1.54) is 6.92 Å². The third-order valence-corrected chi connectivity index (χ3v) is 7.83. The Morgan fingerprint density at radius 1 is 0.804 bits per heavy atom. The summed E-state index contributed by atoms with van der Waals surface area (Å²) in [6.45, 7) is 0.582. The molecule has 0 aliphatic rings. The minimum atomic E-state index is -2.51. The number of amides is 4. The highest BCUT2D eigenvalue weighted by Gasteiger charge is 2.28. The molecule has 1 unspecified atom stereocenters. The van der Waals surface area contributed by atoms with Gasteiger partial charge in [-0.25, -0.2) is 0 Å². The van der Waals surface area contributed by atoms with Crippen molar-refractivity contribution < 1.29 is 36.9 Å². The van der Waals surface area contributed by atoms with Crippen LogP contribution in [0.25, 0.3) is 11.1 Å². The summed E-state index contributed by atoms with van der Waals surface area (Å²) in [7, 11) is 1.78. The molecular weight excluding hydrogens is 654 g/mol. The minimum absolute atomic E-state index is 0.0125. The molecule has 0 heterocycles. The van der Waals surface area contributed by atoms with Crippen LogP contribution in [0.3, 0.4) is 0 Å². The molecule has 274 valence electrons. The Bertz CT molecular complexity index is 1660. The van der Waals surface area contributed by atoms with E-state index in [-0.39, 0.29) is 38.5 Å². The van der Waals surface area contributed by atoms with Crippen molar-refractivity contribution in [1.82, 2.24) is 36.8 Å². The van der Waals surface area contributed by atoms with Gasteiger partial charge in [-0.2, -0.15) is 0 Å². The van der Waals surface area contributed by atoms with Crippen LogP contribution >= 0.6 is 0 Å². The molecule has 0 radical (unpaired) electrons. The molecule has 51 heavy (non-hydrogen) atoms. The van der Waals surface area contributed by atoms with Crippen LogP contribution in [0.1, 0.15) is 32.8 Å². The lowest BCUT2D eigenvalue weighted by atomic mass is 10.00. The second-order valence-electron chi connectivity index (χ2n) is 11.9. The number of rotatable bonds is 22. The third kappa shape index (κ3) is 15.1. The van der Waals surface area contributed by atoms with Crippen molar-refractivity contribution in [2.45, 2.75) is 44.9 Å². The highest BCUT2D eigenvalue weighted by atomic mass is 16.4. The SMILES string of the molecule is [2H]C([3H])(O)NCCN(CCNC)CC(=O)NCc1cccc(CNC(=O)[C@H](CC(=O)O)NC(=O)[C@H](Cc2ccc(-c3ccccc3)cc2)NC(C)=O)c1. The largest absolute Gasteiger partial charge is 0.481 e. The molecular formula is C37H49N7O7. The molecule has 3 atom stereocenters. The zero-order valence-electron chi connectivity index (χ0n) is 30.9. The van der Waals surface area contributed by atoms with E-state index >= 15 is 0 Å². The average Bonchev–Trinajstić information content (AvgIpc) is 3.11. The van der Waals surface area contributed by atoms with Gasteiger partial charge in [-0.15, -0.1) is 0 Å². The van der Waals surface area contributed by atoms with E-state index in [0.29, 0.717) is 25.2 Å². The first-order valence-corrected chi connectivity index (χ1v) is 16.6. The Hall–Kier alpha value is -5.15. The molecule has 0 fully saturated rings. The summed E-state index contributed by atoms with van der Waals surface area (Å²) < 4.78 is 14.4. The zero-order chi connectivity index (χ0) is 38.8. The van der Waals surface area contributed by atoms with Gasteiger partial charge in [0.1, 0.15) is 12.1 Å². The normalized spacial score (nSPS) is 13.9. The van der Waals surface area contributed by atoms with E-state index in [1.54, 1.807) is 31.3 Å². The van der Waals surface area contributed by atoms with Gasteiger partial charge in [-0.1, -0.05) is 78.9 Å². The number of nitrogens with one attached hydrogen (secondary N) is 6. The van der Waals surface area contributed by atoms with Crippen molar-refractivity contribution in [3.8, 4) is 11.1 Å². The summed E-state index contributed by atoms with van der Waals surface area (Å²) in [6, 6.07) is 21.8. The molecule has 8 N–H and O–H groups in total. The number of benzene rings is 3. The molecule has 0 aliphatic heterocycles. The van der Waals surface area contributed by atoms with Crippen molar-refractivity contribution >= 4 is 29.6 Å².